The third-order valence-electron chi connectivity index (χ3n) is 2.90. The zero-order chi connectivity index (χ0) is 12.2. The molecule has 0 aromatic heterocycles. The molecule has 16 heavy (non-hydrogen) atoms. The van der Waals surface area contributed by atoms with Gasteiger partial charge >= 0.3 is 0 Å². The molecule has 0 radical (unpaired) electrons. The molecule has 90 valence electrons. The number of amides is 1. The van der Waals surface area contributed by atoms with Gasteiger partial charge in [0.2, 0.25) is 5.91 Å². The second-order valence-electron chi connectivity index (χ2n) is 4.87. The van der Waals surface area contributed by atoms with Crippen LogP contribution in [0.5, 0.6) is 0 Å². The summed E-state index contributed by atoms with van der Waals surface area (Å²) >= 11 is 0. The van der Waals surface area contributed by atoms with Crippen molar-refractivity contribution in [2.45, 2.75) is 51.2 Å². The summed E-state index contributed by atoms with van der Waals surface area (Å²) in [6.45, 7) is 4.36. The van der Waals surface area contributed by atoms with Crippen LogP contribution in [-0.2, 0) is 9.53 Å². The average Bonchev–Trinajstić information content (AvgIpc) is 3.02. The summed E-state index contributed by atoms with van der Waals surface area (Å²) in [4.78, 5) is 13.9. The van der Waals surface area contributed by atoms with Crippen molar-refractivity contribution in [3.05, 3.63) is 0 Å². The van der Waals surface area contributed by atoms with Crippen LogP contribution in [0.2, 0.25) is 0 Å². The molecular weight excluding hydrogens is 204 g/mol. The van der Waals surface area contributed by atoms with Gasteiger partial charge in [-0.3, -0.25) is 4.79 Å². The van der Waals surface area contributed by atoms with Gasteiger partial charge in [-0.05, 0) is 26.7 Å². The molecule has 4 nitrogen and oxygen atoms in total. The second kappa shape index (κ2) is 5.31. The van der Waals surface area contributed by atoms with Gasteiger partial charge in [0.05, 0.1) is 24.5 Å². The Balaban J connectivity index is 2.51. The highest BCUT2D eigenvalue weighted by atomic mass is 16.5. The number of rotatable bonds is 6. The lowest BCUT2D eigenvalue weighted by Crippen LogP contribution is -2.39. The Morgan fingerprint density at radius 1 is 1.56 bits per heavy atom. The van der Waals surface area contributed by atoms with Gasteiger partial charge in [0.1, 0.15) is 0 Å². The van der Waals surface area contributed by atoms with Crippen LogP contribution in [0, 0.1) is 11.3 Å². The molecule has 1 amide bonds. The van der Waals surface area contributed by atoms with E-state index in [9.17, 15) is 4.79 Å². The number of hydrogen-bond acceptors (Lipinski definition) is 3. The highest BCUT2D eigenvalue weighted by Crippen LogP contribution is 2.28. The molecule has 0 bridgehead atoms. The molecular formula is C12H20N2O2. The molecule has 0 N–H and O–H groups in total. The Morgan fingerprint density at radius 3 is 2.62 bits per heavy atom. The zero-order valence-corrected chi connectivity index (χ0v) is 10.3. The predicted molar refractivity (Wildman–Crippen MR) is 60.7 cm³/mol. The minimum absolute atomic E-state index is 0.101. The Morgan fingerprint density at radius 2 is 2.19 bits per heavy atom. The predicted octanol–water partition coefficient (Wildman–Crippen LogP) is 1.71. The van der Waals surface area contributed by atoms with Crippen LogP contribution in [-0.4, -0.2) is 36.1 Å². The zero-order valence-electron chi connectivity index (χ0n) is 10.3. The maximum Gasteiger partial charge on any atom is 0.225 e. The van der Waals surface area contributed by atoms with E-state index in [4.69, 9.17) is 10.00 Å². The van der Waals surface area contributed by atoms with E-state index in [0.717, 1.165) is 12.8 Å². The molecule has 0 aromatic rings. The number of hydrogen-bond donors (Lipinski definition) is 0. The lowest BCUT2D eigenvalue weighted by molar-refractivity contribution is -0.137. The Bertz CT molecular complexity index is 290. The summed E-state index contributed by atoms with van der Waals surface area (Å²) < 4.78 is 5.25. The topological polar surface area (TPSA) is 53.3 Å². The standard InChI is InChI=1S/C12H20N2O2/c1-12(2,16-3)9-11(15)14(8-4-7-13)10-5-6-10/h10H,4-6,8-9H2,1-3H3. The first-order valence-electron chi connectivity index (χ1n) is 5.72. The molecule has 1 aliphatic carbocycles. The smallest absolute Gasteiger partial charge is 0.225 e. The van der Waals surface area contributed by atoms with Crippen LogP contribution in [0.3, 0.4) is 0 Å². The maximum atomic E-state index is 12.0. The van der Waals surface area contributed by atoms with E-state index in [1.54, 1.807) is 7.11 Å². The molecule has 0 heterocycles. The fourth-order valence-corrected chi connectivity index (χ4v) is 1.61. The van der Waals surface area contributed by atoms with Crippen LogP contribution >= 0.6 is 0 Å². The Hall–Kier alpha value is -1.08. The highest BCUT2D eigenvalue weighted by Gasteiger charge is 2.34. The van der Waals surface area contributed by atoms with Gasteiger partial charge in [-0.2, -0.15) is 5.26 Å². The summed E-state index contributed by atoms with van der Waals surface area (Å²) in [7, 11) is 1.62. The van der Waals surface area contributed by atoms with Crippen LogP contribution in [0.1, 0.15) is 39.5 Å². The lowest BCUT2D eigenvalue weighted by atomic mass is 10.0. The van der Waals surface area contributed by atoms with Crippen LogP contribution < -0.4 is 0 Å². The van der Waals surface area contributed by atoms with Gasteiger partial charge in [0.25, 0.3) is 0 Å². The number of methoxy groups -OCH3 is 1. The molecule has 0 spiro atoms. The number of carbonyl (C=O) groups is 1. The summed E-state index contributed by atoms with van der Waals surface area (Å²) in [6, 6.07) is 2.46. The van der Waals surface area contributed by atoms with Crippen molar-refractivity contribution in [1.29, 1.82) is 5.26 Å². The third kappa shape index (κ3) is 3.82. The van der Waals surface area contributed by atoms with E-state index in [2.05, 4.69) is 6.07 Å². The summed E-state index contributed by atoms with van der Waals surface area (Å²) in [5, 5.41) is 8.57. The quantitative estimate of drug-likeness (QED) is 0.690. The Kier molecular flexibility index (Phi) is 4.31. The molecule has 1 fully saturated rings. The summed E-state index contributed by atoms with van der Waals surface area (Å²) in [5.74, 6) is 0.101. The first kappa shape index (κ1) is 13.0. The largest absolute Gasteiger partial charge is 0.378 e. The molecule has 0 aliphatic heterocycles. The van der Waals surface area contributed by atoms with E-state index in [1.807, 2.05) is 18.7 Å². The molecule has 4 heteroatoms. The number of ether oxygens (including phenoxy) is 1. The summed E-state index contributed by atoms with van der Waals surface area (Å²) in [5.41, 5.74) is -0.420. The normalized spacial score (nSPS) is 15.6. The highest BCUT2D eigenvalue weighted by molar-refractivity contribution is 5.77. The van der Waals surface area contributed by atoms with Gasteiger partial charge < -0.3 is 9.64 Å². The molecule has 1 rings (SSSR count). The molecule has 0 atom stereocenters. The molecule has 1 saturated carbocycles. The van der Waals surface area contributed by atoms with Crippen molar-refractivity contribution >= 4 is 5.91 Å². The number of nitrogens with zero attached hydrogens (tertiary/aromatic N) is 2. The van der Waals surface area contributed by atoms with Crippen molar-refractivity contribution in [3.8, 4) is 6.07 Å². The number of carbonyl (C=O) groups excluding carboxylic acids is 1. The third-order valence-corrected chi connectivity index (χ3v) is 2.90. The molecule has 0 saturated heterocycles. The van der Waals surface area contributed by atoms with Gasteiger partial charge in [-0.25, -0.2) is 0 Å². The van der Waals surface area contributed by atoms with Crippen molar-refractivity contribution < 1.29 is 9.53 Å². The van der Waals surface area contributed by atoms with Crippen LogP contribution in [0.15, 0.2) is 0 Å². The minimum Gasteiger partial charge on any atom is -0.378 e. The van der Waals surface area contributed by atoms with Crippen LogP contribution in [0.4, 0.5) is 0 Å². The van der Waals surface area contributed by atoms with E-state index < -0.39 is 5.60 Å². The maximum absolute atomic E-state index is 12.0. The van der Waals surface area contributed by atoms with Crippen LogP contribution in [0.25, 0.3) is 0 Å². The second-order valence-corrected chi connectivity index (χ2v) is 4.87. The first-order chi connectivity index (χ1) is 7.50. The van der Waals surface area contributed by atoms with Gasteiger partial charge in [-0.15, -0.1) is 0 Å². The monoisotopic (exact) mass is 224 g/mol. The van der Waals surface area contributed by atoms with Gasteiger partial charge in [-0.1, -0.05) is 0 Å². The van der Waals surface area contributed by atoms with E-state index in [0.29, 0.717) is 25.4 Å². The fourth-order valence-electron chi connectivity index (χ4n) is 1.61. The lowest BCUT2D eigenvalue weighted by Gasteiger charge is -2.27. The minimum atomic E-state index is -0.420. The average molecular weight is 224 g/mol. The molecule has 0 aromatic carbocycles. The van der Waals surface area contributed by atoms with Crippen molar-refractivity contribution in [2.75, 3.05) is 13.7 Å². The number of nitriles is 1. The fraction of sp³-hybridized carbons (Fsp3) is 0.833. The van der Waals surface area contributed by atoms with E-state index in [1.165, 1.54) is 0 Å². The van der Waals surface area contributed by atoms with E-state index in [-0.39, 0.29) is 5.91 Å². The Labute approximate surface area is 97.2 Å². The van der Waals surface area contributed by atoms with Gasteiger partial charge in [0, 0.05) is 19.7 Å². The molecule has 1 aliphatic rings. The van der Waals surface area contributed by atoms with Crippen molar-refractivity contribution in [3.63, 3.8) is 0 Å². The molecule has 0 unspecified atom stereocenters. The SMILES string of the molecule is COC(C)(C)CC(=O)N(CCC#N)C1CC1. The first-order valence-corrected chi connectivity index (χ1v) is 5.72. The van der Waals surface area contributed by atoms with E-state index >= 15 is 0 Å². The van der Waals surface area contributed by atoms with Crippen molar-refractivity contribution in [2.24, 2.45) is 0 Å². The summed E-state index contributed by atoms with van der Waals surface area (Å²) in [6.07, 6.45) is 2.94. The van der Waals surface area contributed by atoms with Crippen molar-refractivity contribution in [1.82, 2.24) is 4.90 Å². The van der Waals surface area contributed by atoms with Gasteiger partial charge in [0.15, 0.2) is 0 Å².